The Morgan fingerprint density at radius 3 is 2.22 bits per heavy atom. The van der Waals surface area contributed by atoms with E-state index in [9.17, 15) is 17.6 Å². The van der Waals surface area contributed by atoms with Gasteiger partial charge in [-0.3, -0.25) is 0 Å². The molecule has 2 rings (SSSR count). The monoisotopic (exact) mass is 326 g/mol. The minimum atomic E-state index is -4.40. The topological polar surface area (TPSA) is 9.23 Å². The molecule has 0 fully saturated rings. The molecule has 0 aromatic heterocycles. The van der Waals surface area contributed by atoms with E-state index in [1.807, 2.05) is 0 Å². The minimum Gasteiger partial charge on any atom is -0.493 e. The molecular weight excluding hydrogens is 308 g/mol. The van der Waals surface area contributed by atoms with Crippen molar-refractivity contribution < 1.29 is 22.3 Å². The van der Waals surface area contributed by atoms with Gasteiger partial charge in [0, 0.05) is 0 Å². The lowest BCUT2D eigenvalue weighted by atomic mass is 10.1. The summed E-state index contributed by atoms with van der Waals surface area (Å²) >= 11 is 0. The maximum atomic E-state index is 12.8. The fraction of sp³-hybridized carbons (Fsp3) is 0.333. The Bertz CT molecular complexity index is 605. The first kappa shape index (κ1) is 17.3. The van der Waals surface area contributed by atoms with Gasteiger partial charge < -0.3 is 4.74 Å². The first-order valence-electron chi connectivity index (χ1n) is 7.50. The summed E-state index contributed by atoms with van der Waals surface area (Å²) in [4.78, 5) is 0. The van der Waals surface area contributed by atoms with Crippen molar-refractivity contribution in [1.29, 1.82) is 0 Å². The standard InChI is InChI=1S/C18H18F4O/c19-15-11-9-14(10-12-15)6-2-1-5-13-23-17-8-4-3-7-16(17)18(20,21)22/h3-4,7-12H,1-2,5-6,13H2. The van der Waals surface area contributed by atoms with Crippen molar-refractivity contribution in [3.8, 4) is 5.75 Å². The molecule has 23 heavy (non-hydrogen) atoms. The second-order valence-corrected chi connectivity index (χ2v) is 5.28. The number of rotatable bonds is 7. The molecule has 0 heterocycles. The van der Waals surface area contributed by atoms with Crippen LogP contribution in [0.4, 0.5) is 17.6 Å². The van der Waals surface area contributed by atoms with Gasteiger partial charge in [0.2, 0.25) is 0 Å². The van der Waals surface area contributed by atoms with Crippen LogP contribution in [0.2, 0.25) is 0 Å². The summed E-state index contributed by atoms with van der Waals surface area (Å²) in [5.74, 6) is -0.385. The van der Waals surface area contributed by atoms with Crippen molar-refractivity contribution in [2.75, 3.05) is 6.61 Å². The molecule has 0 amide bonds. The SMILES string of the molecule is Fc1ccc(CCCCCOc2ccccc2C(F)(F)F)cc1. The summed E-state index contributed by atoms with van der Waals surface area (Å²) in [6.45, 7) is 0.247. The molecule has 0 saturated carbocycles. The molecule has 124 valence electrons. The Hall–Kier alpha value is -2.04. The van der Waals surface area contributed by atoms with E-state index in [2.05, 4.69) is 0 Å². The van der Waals surface area contributed by atoms with Crippen LogP contribution in [0, 0.1) is 5.82 Å². The van der Waals surface area contributed by atoms with Crippen LogP contribution in [0.15, 0.2) is 48.5 Å². The predicted molar refractivity (Wildman–Crippen MR) is 80.9 cm³/mol. The van der Waals surface area contributed by atoms with Crippen LogP contribution in [-0.2, 0) is 12.6 Å². The van der Waals surface area contributed by atoms with Crippen molar-refractivity contribution >= 4 is 0 Å². The highest BCUT2D eigenvalue weighted by Gasteiger charge is 2.33. The molecule has 0 bridgehead atoms. The van der Waals surface area contributed by atoms with Gasteiger partial charge in [-0.05, 0) is 55.5 Å². The zero-order chi connectivity index (χ0) is 16.7. The highest BCUT2D eigenvalue weighted by molar-refractivity contribution is 5.35. The van der Waals surface area contributed by atoms with Crippen molar-refractivity contribution in [2.24, 2.45) is 0 Å². The fourth-order valence-electron chi connectivity index (χ4n) is 2.27. The predicted octanol–water partition coefficient (Wildman–Crippen LogP) is 5.64. The van der Waals surface area contributed by atoms with Crippen LogP contribution in [0.1, 0.15) is 30.4 Å². The second kappa shape index (κ2) is 7.99. The van der Waals surface area contributed by atoms with E-state index < -0.39 is 11.7 Å². The number of hydrogen-bond donors (Lipinski definition) is 0. The molecular formula is C18H18F4O. The van der Waals surface area contributed by atoms with Crippen LogP contribution in [0.5, 0.6) is 5.75 Å². The van der Waals surface area contributed by atoms with Crippen molar-refractivity contribution in [2.45, 2.75) is 31.9 Å². The first-order chi connectivity index (χ1) is 11.0. The molecule has 0 spiro atoms. The van der Waals surface area contributed by atoms with Gasteiger partial charge in [0.25, 0.3) is 0 Å². The second-order valence-electron chi connectivity index (χ2n) is 5.28. The highest BCUT2D eigenvalue weighted by Crippen LogP contribution is 2.35. The lowest BCUT2D eigenvalue weighted by Gasteiger charge is -2.13. The number of benzene rings is 2. The van der Waals surface area contributed by atoms with Crippen LogP contribution in [0.3, 0.4) is 0 Å². The molecule has 0 aliphatic heterocycles. The summed E-state index contributed by atoms with van der Waals surface area (Å²) in [5, 5.41) is 0. The fourth-order valence-corrected chi connectivity index (χ4v) is 2.27. The van der Waals surface area contributed by atoms with E-state index in [4.69, 9.17) is 4.74 Å². The third-order valence-electron chi connectivity index (χ3n) is 3.47. The molecule has 2 aromatic carbocycles. The van der Waals surface area contributed by atoms with Crippen molar-refractivity contribution in [1.82, 2.24) is 0 Å². The zero-order valence-corrected chi connectivity index (χ0v) is 12.6. The highest BCUT2D eigenvalue weighted by atomic mass is 19.4. The van der Waals surface area contributed by atoms with Gasteiger partial charge in [-0.15, -0.1) is 0 Å². The van der Waals surface area contributed by atoms with Gasteiger partial charge in [0.15, 0.2) is 0 Å². The Labute approximate surface area is 132 Å². The Balaban J connectivity index is 1.71. The van der Waals surface area contributed by atoms with Gasteiger partial charge in [-0.25, -0.2) is 4.39 Å². The van der Waals surface area contributed by atoms with Crippen LogP contribution >= 0.6 is 0 Å². The molecule has 0 atom stereocenters. The van der Waals surface area contributed by atoms with E-state index in [0.29, 0.717) is 6.42 Å². The quantitative estimate of drug-likeness (QED) is 0.473. The van der Waals surface area contributed by atoms with Crippen molar-refractivity contribution in [3.63, 3.8) is 0 Å². The molecule has 0 aliphatic carbocycles. The largest absolute Gasteiger partial charge is 0.493 e. The van der Waals surface area contributed by atoms with E-state index in [1.54, 1.807) is 12.1 Å². The molecule has 2 aromatic rings. The van der Waals surface area contributed by atoms with Crippen LogP contribution in [-0.4, -0.2) is 6.61 Å². The van der Waals surface area contributed by atoms with E-state index in [-0.39, 0.29) is 18.2 Å². The molecule has 0 N–H and O–H groups in total. The molecule has 0 radical (unpaired) electrons. The molecule has 0 aliphatic rings. The minimum absolute atomic E-state index is 0.126. The Kier molecular flexibility index (Phi) is 6.02. The summed E-state index contributed by atoms with van der Waals surface area (Å²) in [7, 11) is 0. The number of hydrogen-bond acceptors (Lipinski definition) is 1. The maximum absolute atomic E-state index is 12.8. The lowest BCUT2D eigenvalue weighted by molar-refractivity contribution is -0.138. The Morgan fingerprint density at radius 2 is 1.52 bits per heavy atom. The smallest absolute Gasteiger partial charge is 0.419 e. The third kappa shape index (κ3) is 5.58. The van der Waals surface area contributed by atoms with Gasteiger partial charge in [-0.1, -0.05) is 24.3 Å². The molecule has 1 nitrogen and oxygen atoms in total. The number of aryl methyl sites for hydroxylation is 1. The third-order valence-corrected chi connectivity index (χ3v) is 3.47. The van der Waals surface area contributed by atoms with E-state index in [1.165, 1.54) is 30.3 Å². The van der Waals surface area contributed by atoms with E-state index >= 15 is 0 Å². The van der Waals surface area contributed by atoms with Gasteiger partial charge in [0.1, 0.15) is 11.6 Å². The number of para-hydroxylation sites is 1. The normalized spacial score (nSPS) is 11.5. The van der Waals surface area contributed by atoms with Gasteiger partial charge in [-0.2, -0.15) is 13.2 Å². The molecule has 5 heteroatoms. The molecule has 0 unspecified atom stereocenters. The van der Waals surface area contributed by atoms with Crippen LogP contribution < -0.4 is 4.74 Å². The average Bonchev–Trinajstić information content (AvgIpc) is 2.52. The number of alkyl halides is 3. The first-order valence-corrected chi connectivity index (χ1v) is 7.50. The van der Waals surface area contributed by atoms with Crippen LogP contribution in [0.25, 0.3) is 0 Å². The number of unbranched alkanes of at least 4 members (excludes halogenated alkanes) is 2. The summed E-state index contributed by atoms with van der Waals surface area (Å²) < 4.78 is 56.4. The summed E-state index contributed by atoms with van der Waals surface area (Å²) in [5.41, 5.74) is 0.307. The molecule has 0 saturated heterocycles. The lowest BCUT2D eigenvalue weighted by Crippen LogP contribution is -2.09. The van der Waals surface area contributed by atoms with E-state index in [0.717, 1.165) is 30.9 Å². The average molecular weight is 326 g/mol. The number of ether oxygens (including phenoxy) is 1. The number of halogens is 4. The van der Waals surface area contributed by atoms with Gasteiger partial charge in [0.05, 0.1) is 12.2 Å². The Morgan fingerprint density at radius 1 is 0.826 bits per heavy atom. The summed E-state index contributed by atoms with van der Waals surface area (Å²) in [6.07, 6.45) is -1.19. The van der Waals surface area contributed by atoms with Crippen molar-refractivity contribution in [3.05, 3.63) is 65.5 Å². The van der Waals surface area contributed by atoms with Gasteiger partial charge >= 0.3 is 6.18 Å². The summed E-state index contributed by atoms with van der Waals surface area (Å²) in [6, 6.07) is 11.6. The zero-order valence-electron chi connectivity index (χ0n) is 12.6. The maximum Gasteiger partial charge on any atom is 0.419 e.